The summed E-state index contributed by atoms with van der Waals surface area (Å²) in [5, 5.41) is 3.93. The Bertz CT molecular complexity index is 1360. The van der Waals surface area contributed by atoms with Gasteiger partial charge in [-0.3, -0.25) is 19.3 Å². The molecule has 6 rings (SSSR count). The van der Waals surface area contributed by atoms with Gasteiger partial charge in [0.2, 0.25) is 17.7 Å². The van der Waals surface area contributed by atoms with E-state index in [9.17, 15) is 22.8 Å². The first-order valence-corrected chi connectivity index (χ1v) is 15.0. The lowest BCUT2D eigenvalue weighted by atomic mass is 9.97. The van der Waals surface area contributed by atoms with Crippen LogP contribution >= 0.6 is 0 Å². The predicted molar refractivity (Wildman–Crippen MR) is 144 cm³/mol. The molecule has 38 heavy (non-hydrogen) atoms. The topological polar surface area (TPSA) is 159 Å². The summed E-state index contributed by atoms with van der Waals surface area (Å²) in [6, 6.07) is 3.90. The molecule has 0 aromatic carbocycles. The van der Waals surface area contributed by atoms with Gasteiger partial charge in [0.05, 0.1) is 18.1 Å². The number of primary amides is 1. The normalized spacial score (nSPS) is 21.3. The number of amides is 3. The van der Waals surface area contributed by atoms with Gasteiger partial charge in [0.15, 0.2) is 9.84 Å². The van der Waals surface area contributed by atoms with Crippen molar-refractivity contribution in [3.63, 3.8) is 0 Å². The second kappa shape index (κ2) is 10.9. The summed E-state index contributed by atoms with van der Waals surface area (Å²) in [6.07, 6.45) is 8.53. The molecule has 4 heterocycles. The fraction of sp³-hybridized carbons (Fsp3) is 0.538. The zero-order chi connectivity index (χ0) is 26.9. The van der Waals surface area contributed by atoms with Crippen molar-refractivity contribution in [2.75, 3.05) is 49.5 Å². The van der Waals surface area contributed by atoms with Crippen LogP contribution in [0.4, 0.5) is 5.82 Å². The molecule has 3 amide bonds. The van der Waals surface area contributed by atoms with E-state index in [1.165, 1.54) is 0 Å². The number of rotatable bonds is 6. The number of H-pyrrole nitrogens is 1. The SMILES string of the molecule is NC(=O)C1CC1.O=C(Nc1cc(C2=CCN(C(=O)CN3CCS(=O)(=O)CC3)CC2)c2cc[nH]c2n1)C1CC1. The number of carbonyl (C=O) groups is 3. The summed E-state index contributed by atoms with van der Waals surface area (Å²) in [6.45, 7) is 2.21. The van der Waals surface area contributed by atoms with Crippen LogP contribution in [0.1, 0.15) is 37.7 Å². The molecule has 12 heteroatoms. The smallest absolute Gasteiger partial charge is 0.237 e. The molecule has 2 aromatic heterocycles. The van der Waals surface area contributed by atoms with E-state index >= 15 is 0 Å². The number of aromatic nitrogens is 2. The van der Waals surface area contributed by atoms with E-state index in [2.05, 4.69) is 21.4 Å². The number of nitrogens with two attached hydrogens (primary N) is 1. The lowest BCUT2D eigenvalue weighted by Gasteiger charge is -2.31. The van der Waals surface area contributed by atoms with Gasteiger partial charge in [-0.05, 0) is 55.4 Å². The molecule has 0 radical (unpaired) electrons. The first-order chi connectivity index (χ1) is 18.2. The van der Waals surface area contributed by atoms with Gasteiger partial charge in [0, 0.05) is 49.6 Å². The summed E-state index contributed by atoms with van der Waals surface area (Å²) >= 11 is 0. The number of fused-ring (bicyclic) bond motifs is 1. The van der Waals surface area contributed by atoms with Gasteiger partial charge in [-0.25, -0.2) is 13.4 Å². The lowest BCUT2D eigenvalue weighted by molar-refractivity contribution is -0.132. The highest BCUT2D eigenvalue weighted by molar-refractivity contribution is 7.91. The Morgan fingerprint density at radius 1 is 1.08 bits per heavy atom. The highest BCUT2D eigenvalue weighted by atomic mass is 32.2. The minimum absolute atomic E-state index is 0.0225. The molecule has 204 valence electrons. The number of aromatic amines is 1. The highest BCUT2D eigenvalue weighted by Gasteiger charge is 2.30. The van der Waals surface area contributed by atoms with Crippen LogP contribution in [0.15, 0.2) is 24.4 Å². The monoisotopic (exact) mass is 542 g/mol. The van der Waals surface area contributed by atoms with Crippen LogP contribution in [0, 0.1) is 11.8 Å². The standard InChI is InChI=1S/C22H27N5O4S.C4H7NO/c28-20(14-26-9-11-32(30,31)12-10-26)27-7-4-15(5-8-27)18-13-19(25-22(29)16-1-2-16)24-21-17(18)3-6-23-21;5-4(6)3-1-2-3/h3-4,6,13,16H,1-2,5,7-12,14H2,(H2,23,24,25,29);3H,1-2H2,(H2,5,6). The van der Waals surface area contributed by atoms with Crippen LogP contribution in [0.3, 0.4) is 0 Å². The average Bonchev–Trinajstić information content (AvgIpc) is 3.82. The molecule has 0 atom stereocenters. The maximum atomic E-state index is 12.7. The molecule has 2 aliphatic carbocycles. The third-order valence-electron chi connectivity index (χ3n) is 7.41. The second-order valence-corrected chi connectivity index (χ2v) is 12.8. The molecule has 2 aromatic rings. The Hall–Kier alpha value is -3.25. The number of nitrogens with one attached hydrogen (secondary N) is 2. The van der Waals surface area contributed by atoms with Crippen molar-refractivity contribution in [1.82, 2.24) is 19.8 Å². The van der Waals surface area contributed by atoms with Crippen LogP contribution < -0.4 is 11.1 Å². The van der Waals surface area contributed by atoms with Gasteiger partial charge in [0.25, 0.3) is 0 Å². The number of hydrogen-bond acceptors (Lipinski definition) is 7. The number of sulfone groups is 1. The predicted octanol–water partition coefficient (Wildman–Crippen LogP) is 1.14. The van der Waals surface area contributed by atoms with Crippen LogP contribution in [0.2, 0.25) is 0 Å². The zero-order valence-corrected chi connectivity index (χ0v) is 22.1. The minimum atomic E-state index is -2.95. The van der Waals surface area contributed by atoms with E-state index < -0.39 is 9.84 Å². The molecule has 0 spiro atoms. The van der Waals surface area contributed by atoms with E-state index in [1.54, 1.807) is 0 Å². The molecule has 0 unspecified atom stereocenters. The Morgan fingerprint density at radius 3 is 2.37 bits per heavy atom. The lowest BCUT2D eigenvalue weighted by Crippen LogP contribution is -2.47. The minimum Gasteiger partial charge on any atom is -0.369 e. The molecule has 1 saturated heterocycles. The van der Waals surface area contributed by atoms with Gasteiger partial charge >= 0.3 is 0 Å². The van der Waals surface area contributed by atoms with Crippen molar-refractivity contribution >= 4 is 50.0 Å². The summed E-state index contributed by atoms with van der Waals surface area (Å²) < 4.78 is 23.2. The highest BCUT2D eigenvalue weighted by Crippen LogP contribution is 2.33. The second-order valence-electron chi connectivity index (χ2n) is 10.5. The largest absolute Gasteiger partial charge is 0.369 e. The molecule has 11 nitrogen and oxygen atoms in total. The van der Waals surface area contributed by atoms with Gasteiger partial charge in [0.1, 0.15) is 11.5 Å². The Morgan fingerprint density at radius 2 is 1.79 bits per heavy atom. The zero-order valence-electron chi connectivity index (χ0n) is 21.3. The molecule has 3 fully saturated rings. The third kappa shape index (κ3) is 6.60. The molecular formula is C26H34N6O5S. The maximum absolute atomic E-state index is 12.7. The van der Waals surface area contributed by atoms with E-state index in [0.29, 0.717) is 38.4 Å². The third-order valence-corrected chi connectivity index (χ3v) is 9.02. The maximum Gasteiger partial charge on any atom is 0.237 e. The Labute approximate surface area is 221 Å². The average molecular weight is 543 g/mol. The van der Waals surface area contributed by atoms with Crippen molar-refractivity contribution < 1.29 is 22.8 Å². The van der Waals surface area contributed by atoms with Crippen LogP contribution in [-0.4, -0.2) is 90.1 Å². The van der Waals surface area contributed by atoms with Crippen LogP contribution in [0.25, 0.3) is 16.6 Å². The van der Waals surface area contributed by atoms with E-state index in [1.807, 2.05) is 28.1 Å². The van der Waals surface area contributed by atoms with Crippen LogP contribution in [-0.2, 0) is 24.2 Å². The molecule has 2 saturated carbocycles. The van der Waals surface area contributed by atoms with E-state index in [4.69, 9.17) is 5.73 Å². The van der Waals surface area contributed by atoms with Gasteiger partial charge in [-0.2, -0.15) is 0 Å². The first-order valence-electron chi connectivity index (χ1n) is 13.2. The van der Waals surface area contributed by atoms with Crippen LogP contribution in [0.5, 0.6) is 0 Å². The number of nitrogens with zero attached hydrogens (tertiary/aromatic N) is 3. The molecule has 4 N–H and O–H groups in total. The van der Waals surface area contributed by atoms with Crippen molar-refractivity contribution in [3.05, 3.63) is 30.0 Å². The van der Waals surface area contributed by atoms with Gasteiger partial charge in [-0.1, -0.05) is 6.08 Å². The number of carbonyl (C=O) groups excluding carboxylic acids is 3. The van der Waals surface area contributed by atoms with E-state index in [-0.39, 0.29) is 47.6 Å². The summed E-state index contributed by atoms with van der Waals surface area (Å²) in [4.78, 5) is 46.3. The van der Waals surface area contributed by atoms with E-state index in [0.717, 1.165) is 47.9 Å². The van der Waals surface area contributed by atoms with Gasteiger partial charge in [-0.15, -0.1) is 0 Å². The van der Waals surface area contributed by atoms with Crippen molar-refractivity contribution in [2.45, 2.75) is 32.1 Å². The van der Waals surface area contributed by atoms with Crippen molar-refractivity contribution in [1.29, 1.82) is 0 Å². The van der Waals surface area contributed by atoms with Crippen molar-refractivity contribution in [2.24, 2.45) is 17.6 Å². The number of pyridine rings is 1. The Balaban J connectivity index is 0.000000433. The van der Waals surface area contributed by atoms with Crippen molar-refractivity contribution in [3.8, 4) is 0 Å². The van der Waals surface area contributed by atoms with Gasteiger partial charge < -0.3 is 20.9 Å². The fourth-order valence-corrected chi connectivity index (χ4v) is 5.93. The molecule has 4 aliphatic rings. The summed E-state index contributed by atoms with van der Waals surface area (Å²) in [5.41, 5.74) is 7.74. The molecule has 2 aliphatic heterocycles. The fourth-order valence-electron chi connectivity index (χ4n) is 4.65. The molecular weight excluding hydrogens is 508 g/mol. The summed E-state index contributed by atoms with van der Waals surface area (Å²) in [5.74, 6) is 1.06. The quantitative estimate of drug-likeness (QED) is 0.494. The number of hydrogen-bond donors (Lipinski definition) is 3. The molecule has 0 bridgehead atoms. The first kappa shape index (κ1) is 26.4. The Kier molecular flexibility index (Phi) is 7.53. The number of anilines is 1. The summed E-state index contributed by atoms with van der Waals surface area (Å²) in [7, 11) is -2.95.